The van der Waals surface area contributed by atoms with Crippen molar-refractivity contribution in [3.63, 3.8) is 0 Å². The average Bonchev–Trinajstić information content (AvgIpc) is 2.53. The van der Waals surface area contributed by atoms with Crippen LogP contribution in [-0.4, -0.2) is 53.3 Å². The van der Waals surface area contributed by atoms with Gasteiger partial charge in [0.25, 0.3) is 0 Å². The van der Waals surface area contributed by atoms with E-state index in [0.29, 0.717) is 23.8 Å². The Hall–Kier alpha value is -1.92. The Labute approximate surface area is 130 Å². The molecule has 0 spiro atoms. The molecule has 3 rings (SSSR count). The molecule has 2 aromatic rings. The summed E-state index contributed by atoms with van der Waals surface area (Å²) in [6, 6.07) is 8.61. The van der Waals surface area contributed by atoms with Crippen molar-refractivity contribution in [1.29, 1.82) is 0 Å². The van der Waals surface area contributed by atoms with Gasteiger partial charge in [-0.05, 0) is 26.0 Å². The fourth-order valence-electron chi connectivity index (χ4n) is 2.93. The maximum absolute atomic E-state index is 6.01. The van der Waals surface area contributed by atoms with Gasteiger partial charge in [-0.15, -0.1) is 0 Å². The van der Waals surface area contributed by atoms with Crippen LogP contribution in [0.2, 0.25) is 0 Å². The van der Waals surface area contributed by atoms with E-state index in [1.807, 2.05) is 24.3 Å². The number of para-hydroxylation sites is 1. The van der Waals surface area contributed by atoms with Crippen molar-refractivity contribution in [2.75, 3.05) is 37.4 Å². The topological polar surface area (TPSA) is 76.3 Å². The maximum Gasteiger partial charge on any atom is 0.225 e. The van der Waals surface area contributed by atoms with Crippen molar-refractivity contribution in [2.45, 2.75) is 25.9 Å². The van der Waals surface area contributed by atoms with Crippen LogP contribution in [0.15, 0.2) is 24.3 Å². The minimum absolute atomic E-state index is 0.384. The number of ether oxygens (including phenoxy) is 1. The first-order valence-electron chi connectivity index (χ1n) is 7.75. The fourth-order valence-corrected chi connectivity index (χ4v) is 2.93. The molecule has 0 unspecified atom stereocenters. The normalized spacial score (nSPS) is 20.9. The molecule has 0 saturated carbocycles. The van der Waals surface area contributed by atoms with E-state index in [9.17, 15) is 0 Å². The molecule has 1 aliphatic heterocycles. The number of rotatable bonds is 4. The van der Waals surface area contributed by atoms with Gasteiger partial charge in [0.05, 0.1) is 18.7 Å². The first-order chi connectivity index (χ1) is 10.6. The summed E-state index contributed by atoms with van der Waals surface area (Å²) in [6.45, 7) is 7.74. The van der Waals surface area contributed by atoms with E-state index in [1.165, 1.54) is 0 Å². The number of morpholine rings is 1. The lowest BCUT2D eigenvalue weighted by molar-refractivity contribution is -0.0159. The summed E-state index contributed by atoms with van der Waals surface area (Å²) in [6.07, 6.45) is 0. The fraction of sp³-hybridized carbons (Fsp3) is 0.500. The molecule has 22 heavy (non-hydrogen) atoms. The third-order valence-corrected chi connectivity index (χ3v) is 4.17. The van der Waals surface area contributed by atoms with Gasteiger partial charge in [-0.3, -0.25) is 4.90 Å². The molecule has 6 nitrogen and oxygen atoms in total. The molecule has 1 aromatic heterocycles. The summed E-state index contributed by atoms with van der Waals surface area (Å²) in [5, 5.41) is 4.20. The molecule has 118 valence electrons. The summed E-state index contributed by atoms with van der Waals surface area (Å²) >= 11 is 0. The first-order valence-corrected chi connectivity index (χ1v) is 7.75. The second kappa shape index (κ2) is 6.46. The molecule has 6 heteroatoms. The number of nitrogens with two attached hydrogens (primary N) is 1. The van der Waals surface area contributed by atoms with Gasteiger partial charge >= 0.3 is 0 Å². The summed E-state index contributed by atoms with van der Waals surface area (Å²) in [4.78, 5) is 11.3. The molecule has 1 saturated heterocycles. The lowest BCUT2D eigenvalue weighted by Crippen LogP contribution is -2.50. The van der Waals surface area contributed by atoms with E-state index in [2.05, 4.69) is 34.0 Å². The molecule has 0 aliphatic carbocycles. The summed E-state index contributed by atoms with van der Waals surface area (Å²) < 4.78 is 5.49. The highest BCUT2D eigenvalue weighted by atomic mass is 16.5. The second-order valence-electron chi connectivity index (χ2n) is 5.84. The molecule has 2 atom stereocenters. The molecule has 1 aliphatic rings. The van der Waals surface area contributed by atoms with Crippen LogP contribution in [0.4, 0.5) is 11.8 Å². The van der Waals surface area contributed by atoms with Crippen LogP contribution in [0.1, 0.15) is 13.8 Å². The van der Waals surface area contributed by atoms with Crippen LogP contribution in [0.3, 0.4) is 0 Å². The number of fused-ring (bicyclic) bond motifs is 1. The van der Waals surface area contributed by atoms with E-state index in [4.69, 9.17) is 10.5 Å². The Morgan fingerprint density at radius 3 is 3.05 bits per heavy atom. The van der Waals surface area contributed by atoms with Crippen LogP contribution < -0.4 is 11.1 Å². The minimum Gasteiger partial charge on any atom is -0.383 e. The molecule has 1 fully saturated rings. The van der Waals surface area contributed by atoms with Gasteiger partial charge in [0.15, 0.2) is 0 Å². The van der Waals surface area contributed by atoms with Crippen molar-refractivity contribution >= 4 is 22.7 Å². The van der Waals surface area contributed by atoms with Crippen molar-refractivity contribution in [3.05, 3.63) is 24.3 Å². The minimum atomic E-state index is 0.384. The van der Waals surface area contributed by atoms with Crippen LogP contribution in [-0.2, 0) is 4.74 Å². The van der Waals surface area contributed by atoms with Crippen molar-refractivity contribution in [2.24, 2.45) is 0 Å². The van der Waals surface area contributed by atoms with Gasteiger partial charge in [-0.1, -0.05) is 12.1 Å². The molecule has 2 heterocycles. The van der Waals surface area contributed by atoms with E-state index < -0.39 is 0 Å². The highest BCUT2D eigenvalue weighted by Crippen LogP contribution is 2.19. The standard InChI is InChI=1S/C16H23N5O/c1-11(21-7-8-22-10-12(21)2)9-18-16-19-14-6-4-3-5-13(14)15(17)20-16/h3-6,11-12H,7-10H2,1-2H3,(H3,17,18,19,20)/t11-,12+/m0/s1. The number of nitrogen functional groups attached to an aromatic ring is 1. The SMILES string of the molecule is C[C@@H]1COCCN1[C@@H](C)CNc1nc(N)c2ccccc2n1. The molecule has 1 aromatic carbocycles. The zero-order valence-corrected chi connectivity index (χ0v) is 13.1. The predicted octanol–water partition coefficient (Wildman–Crippen LogP) is 1.73. The van der Waals surface area contributed by atoms with Crippen LogP contribution >= 0.6 is 0 Å². The van der Waals surface area contributed by atoms with Gasteiger partial charge in [-0.2, -0.15) is 4.98 Å². The number of hydrogen-bond donors (Lipinski definition) is 2. The van der Waals surface area contributed by atoms with Crippen LogP contribution in [0, 0.1) is 0 Å². The quantitative estimate of drug-likeness (QED) is 0.896. The Bertz CT molecular complexity index is 647. The Balaban J connectivity index is 1.68. The molecule has 0 amide bonds. The Kier molecular flexibility index (Phi) is 4.40. The predicted molar refractivity (Wildman–Crippen MR) is 88.9 cm³/mol. The molecule has 0 radical (unpaired) electrons. The lowest BCUT2D eigenvalue weighted by Gasteiger charge is -2.37. The molecular weight excluding hydrogens is 278 g/mol. The van der Waals surface area contributed by atoms with Crippen molar-refractivity contribution < 1.29 is 4.74 Å². The van der Waals surface area contributed by atoms with E-state index in [-0.39, 0.29) is 0 Å². The average molecular weight is 301 g/mol. The maximum atomic E-state index is 6.01. The number of hydrogen-bond acceptors (Lipinski definition) is 6. The van der Waals surface area contributed by atoms with Gasteiger partial charge in [0.2, 0.25) is 5.95 Å². The lowest BCUT2D eigenvalue weighted by atomic mass is 10.2. The number of nitrogens with zero attached hydrogens (tertiary/aromatic N) is 3. The van der Waals surface area contributed by atoms with E-state index in [1.54, 1.807) is 0 Å². The van der Waals surface area contributed by atoms with Gasteiger partial charge < -0.3 is 15.8 Å². The molecular formula is C16H23N5O. The summed E-state index contributed by atoms with van der Waals surface area (Å²) in [5.41, 5.74) is 6.88. The monoisotopic (exact) mass is 301 g/mol. The zero-order chi connectivity index (χ0) is 15.5. The number of nitrogens with one attached hydrogen (secondary N) is 1. The van der Waals surface area contributed by atoms with Crippen molar-refractivity contribution in [3.8, 4) is 0 Å². The van der Waals surface area contributed by atoms with Gasteiger partial charge in [-0.25, -0.2) is 4.98 Å². The van der Waals surface area contributed by atoms with Crippen LogP contribution in [0.25, 0.3) is 10.9 Å². The number of aromatic nitrogens is 2. The van der Waals surface area contributed by atoms with E-state index in [0.717, 1.165) is 37.2 Å². The highest BCUT2D eigenvalue weighted by molar-refractivity contribution is 5.88. The Morgan fingerprint density at radius 2 is 2.23 bits per heavy atom. The van der Waals surface area contributed by atoms with E-state index >= 15 is 0 Å². The smallest absolute Gasteiger partial charge is 0.225 e. The third-order valence-electron chi connectivity index (χ3n) is 4.17. The third kappa shape index (κ3) is 3.13. The van der Waals surface area contributed by atoms with Gasteiger partial charge in [0, 0.05) is 30.6 Å². The van der Waals surface area contributed by atoms with Crippen molar-refractivity contribution in [1.82, 2.24) is 14.9 Å². The van der Waals surface area contributed by atoms with Gasteiger partial charge in [0.1, 0.15) is 5.82 Å². The summed E-state index contributed by atoms with van der Waals surface area (Å²) in [7, 11) is 0. The first kappa shape index (κ1) is 15.0. The molecule has 3 N–H and O–H groups in total. The largest absolute Gasteiger partial charge is 0.383 e. The number of benzene rings is 1. The molecule has 0 bridgehead atoms. The summed E-state index contributed by atoms with van der Waals surface area (Å²) in [5.74, 6) is 1.10. The number of anilines is 2. The highest BCUT2D eigenvalue weighted by Gasteiger charge is 2.23. The Morgan fingerprint density at radius 1 is 1.41 bits per heavy atom. The zero-order valence-electron chi connectivity index (χ0n) is 13.1. The second-order valence-corrected chi connectivity index (χ2v) is 5.84. The van der Waals surface area contributed by atoms with Crippen LogP contribution in [0.5, 0.6) is 0 Å².